The number of rotatable bonds is 13. The van der Waals surface area contributed by atoms with Crippen molar-refractivity contribution in [2.45, 2.75) is 152 Å². The van der Waals surface area contributed by atoms with Gasteiger partial charge in [0.1, 0.15) is 18.3 Å². The van der Waals surface area contributed by atoms with Crippen LogP contribution in [0.3, 0.4) is 0 Å². The first-order valence-corrected chi connectivity index (χ1v) is 21.5. The van der Waals surface area contributed by atoms with Crippen LogP contribution in [-0.4, -0.2) is 179 Å². The van der Waals surface area contributed by atoms with E-state index in [0.717, 1.165) is 0 Å². The molecule has 5 radical (unpaired) electrons. The number of aliphatic hydroxyl groups is 9. The Kier molecular flexibility index (Phi) is 63.7. The summed E-state index contributed by atoms with van der Waals surface area (Å²) in [6.45, 7) is 21.4. The fraction of sp³-hybridized carbons (Fsp3) is 0.833. The van der Waals surface area contributed by atoms with Crippen LogP contribution in [0.1, 0.15) is 103 Å². The first-order valence-electron chi connectivity index (χ1n) is 20.2. The number of ether oxygens (including phenoxy) is 2. The van der Waals surface area contributed by atoms with Crippen LogP contribution >= 0.6 is 0 Å². The summed E-state index contributed by atoms with van der Waals surface area (Å²) in [6.07, 6.45) is -3.16. The SMILES string of the molecule is C.CC(C)(C)C(CC(CO)C(=O)O)C(CO)OS(=O)(=O)O.CC(C)(C)C(CO)CC(CO)C(=O)O.CC(C)(C)[C@@H]1O[C-]=C[C@@H](O)C1O.CC(C)(C)[C@@H]1O[CH-][C@@H](O)[C@@H](O)C1O.O=CO.O=CO.[Y].[Y].[Y].[Y].[Y]. The van der Waals surface area contributed by atoms with Crippen molar-refractivity contribution in [3.8, 4) is 0 Å². The zero-order chi connectivity index (χ0) is 52.5. The molecule has 411 valence electrons. The van der Waals surface area contributed by atoms with E-state index in [1.54, 1.807) is 20.8 Å². The van der Waals surface area contributed by atoms with E-state index in [2.05, 4.69) is 10.4 Å². The van der Waals surface area contributed by atoms with Gasteiger partial charge in [-0.25, -0.2) is 10.3 Å². The molecule has 2 rings (SSSR count). The summed E-state index contributed by atoms with van der Waals surface area (Å²) >= 11 is 0. The minimum absolute atomic E-state index is 0. The number of aliphatic carboxylic acids is 2. The standard InChI is InChI=1S/C11H22O8S.C10H20O4.C9H17O4.C9H15O3.2CH2O2.CH4.5Y/c1-11(2,3)8(4-7(5-12)10(14)15)9(6-13)19-20(16,17)18;1-10(2,3)8(6-12)4-7(5-11)9(13)14;1-9(2,3)8-7(12)6(11)5(10)4-13-8;1-9(2,3)8-7(11)6(10)4-5-12-8;2*2-1-3;;;;;;/h7-9,12-13H,4-6H2,1-3H3,(H,14,15)(H,16,17,18);7-8,11-12H,4-6H2,1-3H3,(H,13,14);4-8,10-12H,1-3H3;4,6-8,10-11H,1-3H3;2*1H,(H,2,3);1H4;;;;;/q;;2*-1;;;;;;;;/t;;5-,6-,7?,8-;6-,7?,8-;;;;;;;;/m..11......../s1. The van der Waals surface area contributed by atoms with Gasteiger partial charge in [0.2, 0.25) is 0 Å². The molecule has 2 aliphatic rings. The minimum Gasteiger partial charge on any atom is -0.689 e. The van der Waals surface area contributed by atoms with Crippen molar-refractivity contribution >= 4 is 35.3 Å². The van der Waals surface area contributed by atoms with Gasteiger partial charge >= 0.3 is 22.3 Å². The van der Waals surface area contributed by atoms with Crippen LogP contribution in [-0.2, 0) is 207 Å². The first-order chi connectivity index (χ1) is 29.3. The van der Waals surface area contributed by atoms with Crippen LogP contribution in [0.4, 0.5) is 0 Å². The molecule has 1 fully saturated rings. The quantitative estimate of drug-likeness (QED) is 0.0689. The molecule has 0 aliphatic carbocycles. The van der Waals surface area contributed by atoms with Gasteiger partial charge in [-0.05, 0) is 52.4 Å². The second kappa shape index (κ2) is 47.2. The molecule has 2 heterocycles. The number of hydrogen-bond acceptors (Lipinski definition) is 18. The van der Waals surface area contributed by atoms with Crippen LogP contribution in [0, 0.1) is 58.2 Å². The molecule has 0 aromatic carbocycles. The van der Waals surface area contributed by atoms with Gasteiger partial charge in [0.15, 0.2) is 0 Å². The Labute approximate surface area is 546 Å². The Balaban J connectivity index is -0.0000000829. The molecule has 23 nitrogen and oxygen atoms in total. The summed E-state index contributed by atoms with van der Waals surface area (Å²) in [6, 6.07) is 0. The van der Waals surface area contributed by atoms with Gasteiger partial charge in [-0.15, -0.1) is 0 Å². The van der Waals surface area contributed by atoms with E-state index in [9.17, 15) is 43.5 Å². The monoisotopic (exact) mass is 1430 g/mol. The van der Waals surface area contributed by atoms with E-state index in [-0.39, 0.29) is 226 Å². The summed E-state index contributed by atoms with van der Waals surface area (Å²) in [4.78, 5) is 38.3. The Bertz CT molecular complexity index is 1470. The van der Waals surface area contributed by atoms with E-state index in [1.165, 1.54) is 12.7 Å². The third kappa shape index (κ3) is 43.9. The van der Waals surface area contributed by atoms with E-state index in [4.69, 9.17) is 64.5 Å². The Morgan fingerprint density at radius 2 is 1.04 bits per heavy atom. The molecule has 1 saturated heterocycles. The second-order valence-corrected chi connectivity index (χ2v) is 20.3. The molecule has 0 amide bonds. The molecule has 0 aromatic heterocycles. The molecule has 7 unspecified atom stereocenters. The summed E-state index contributed by atoms with van der Waals surface area (Å²) in [7, 11) is -4.77. The van der Waals surface area contributed by atoms with Crippen LogP contribution in [0.5, 0.6) is 0 Å². The first kappa shape index (κ1) is 95.7. The van der Waals surface area contributed by atoms with Gasteiger partial charge in [-0.2, -0.15) is 15.0 Å². The molecule has 12 atom stereocenters. The average molecular weight is 1430 g/mol. The van der Waals surface area contributed by atoms with Gasteiger partial charge in [-0.3, -0.25) is 23.7 Å². The van der Waals surface area contributed by atoms with Crippen molar-refractivity contribution in [1.29, 1.82) is 0 Å². The third-order valence-electron chi connectivity index (χ3n) is 9.85. The maximum absolute atomic E-state index is 11.0. The molecule has 71 heavy (non-hydrogen) atoms. The van der Waals surface area contributed by atoms with Gasteiger partial charge in [0.25, 0.3) is 12.9 Å². The normalized spacial score (nSPS) is 22.3. The van der Waals surface area contributed by atoms with E-state index >= 15 is 0 Å². The molecule has 0 aromatic rings. The molecule has 0 saturated carbocycles. The predicted octanol–water partition coefficient (Wildman–Crippen LogP) is 0.807. The fourth-order valence-corrected chi connectivity index (χ4v) is 6.45. The minimum atomic E-state index is -4.77. The maximum atomic E-state index is 11.0. The predicted molar refractivity (Wildman–Crippen MR) is 237 cm³/mol. The molecule has 0 bridgehead atoms. The van der Waals surface area contributed by atoms with Crippen molar-refractivity contribution in [3.05, 3.63) is 18.9 Å². The Morgan fingerprint density at radius 3 is 1.31 bits per heavy atom. The third-order valence-corrected chi connectivity index (χ3v) is 10.3. The molecular formula is C42H82O23SY5-2. The van der Waals surface area contributed by atoms with Crippen LogP contribution in [0.2, 0.25) is 0 Å². The van der Waals surface area contributed by atoms with Gasteiger partial charge < -0.3 is 82.1 Å². The molecule has 14 N–H and O–H groups in total. The molecular weight excluding hydrogens is 1350 g/mol. The van der Waals surface area contributed by atoms with Crippen molar-refractivity contribution in [2.24, 2.45) is 45.3 Å². The smallest absolute Gasteiger partial charge is 0.397 e. The second-order valence-electron chi connectivity index (χ2n) is 19.3. The Morgan fingerprint density at radius 1 is 0.662 bits per heavy atom. The van der Waals surface area contributed by atoms with Gasteiger partial charge in [0.05, 0.1) is 56.1 Å². The topological polar surface area (TPSA) is 413 Å². The Hall–Kier alpha value is 2.41. The van der Waals surface area contributed by atoms with Crippen LogP contribution in [0.25, 0.3) is 0 Å². The number of aliphatic hydroxyl groups excluding tert-OH is 9. The number of carboxylic acids is 2. The summed E-state index contributed by atoms with van der Waals surface area (Å²) in [5.74, 6) is -4.93. The molecule has 29 heteroatoms. The maximum Gasteiger partial charge on any atom is 0.397 e. The van der Waals surface area contributed by atoms with Crippen LogP contribution < -0.4 is 0 Å². The molecule has 2 aliphatic heterocycles. The summed E-state index contributed by atoms with van der Waals surface area (Å²) in [5.41, 5.74) is -1.21. The van der Waals surface area contributed by atoms with Crippen molar-refractivity contribution in [3.63, 3.8) is 0 Å². The average Bonchev–Trinajstić information content (AvgIpc) is 3.13. The zero-order valence-electron chi connectivity index (χ0n) is 42.2. The van der Waals surface area contributed by atoms with E-state index in [0.29, 0.717) is 6.42 Å². The zero-order valence-corrected chi connectivity index (χ0v) is 57.2. The largest absolute Gasteiger partial charge is 0.689 e. The van der Waals surface area contributed by atoms with E-state index in [1.807, 2.05) is 62.3 Å². The number of carboxylic acid groups (broad SMARTS) is 4. The van der Waals surface area contributed by atoms with Gasteiger partial charge in [0, 0.05) is 170 Å². The fourth-order valence-electron chi connectivity index (χ4n) is 5.95. The van der Waals surface area contributed by atoms with Crippen LogP contribution in [0.15, 0.2) is 6.08 Å². The van der Waals surface area contributed by atoms with E-state index < -0.39 is 108 Å². The number of hydrogen-bond donors (Lipinski definition) is 14. The number of carbonyl (C=O) groups is 4. The molecule has 0 spiro atoms. The van der Waals surface area contributed by atoms with Crippen molar-refractivity contribution in [1.82, 2.24) is 0 Å². The van der Waals surface area contributed by atoms with Crippen molar-refractivity contribution < 1.29 is 276 Å². The van der Waals surface area contributed by atoms with Gasteiger partial charge in [-0.1, -0.05) is 90.5 Å². The summed E-state index contributed by atoms with van der Waals surface area (Å²) in [5, 5.41) is 115. The summed E-state index contributed by atoms with van der Waals surface area (Å²) < 4.78 is 44.9. The van der Waals surface area contributed by atoms with Crippen molar-refractivity contribution in [2.75, 3.05) is 26.4 Å².